The summed E-state index contributed by atoms with van der Waals surface area (Å²) in [6.07, 6.45) is 0.379. The van der Waals surface area contributed by atoms with Crippen molar-refractivity contribution in [2.24, 2.45) is 0 Å². The summed E-state index contributed by atoms with van der Waals surface area (Å²) in [6.45, 7) is 3.27. The fraction of sp³-hybridized carbons (Fsp3) is 0.333. The van der Waals surface area contributed by atoms with Gasteiger partial charge in [0.25, 0.3) is 11.6 Å². The molecular weight excluding hydrogens is 270 g/mol. The molecule has 0 aliphatic heterocycles. The minimum absolute atomic E-state index is 0.160. The molecular formula is C12H12ClN3O3. The molecule has 0 fully saturated rings. The molecule has 100 valence electrons. The van der Waals surface area contributed by atoms with Gasteiger partial charge in [0, 0.05) is 11.1 Å². The predicted octanol–water partition coefficient (Wildman–Crippen LogP) is 2.67. The first kappa shape index (κ1) is 14.9. The van der Waals surface area contributed by atoms with Crippen molar-refractivity contribution < 1.29 is 9.72 Å². The number of nitro groups is 1. The van der Waals surface area contributed by atoms with Crippen LogP contribution in [0.25, 0.3) is 0 Å². The summed E-state index contributed by atoms with van der Waals surface area (Å²) in [5, 5.41) is 22.5. The van der Waals surface area contributed by atoms with Gasteiger partial charge in [0.1, 0.15) is 11.1 Å². The van der Waals surface area contributed by atoms with Gasteiger partial charge in [-0.2, -0.15) is 5.26 Å². The van der Waals surface area contributed by atoms with Crippen LogP contribution in [0.3, 0.4) is 0 Å². The molecule has 1 N–H and O–H groups in total. The number of hydrogen-bond donors (Lipinski definition) is 1. The summed E-state index contributed by atoms with van der Waals surface area (Å²) in [7, 11) is 0. The lowest BCUT2D eigenvalue weighted by molar-refractivity contribution is -0.385. The largest absolute Gasteiger partial charge is 0.334 e. The van der Waals surface area contributed by atoms with E-state index in [9.17, 15) is 14.9 Å². The van der Waals surface area contributed by atoms with Crippen LogP contribution < -0.4 is 5.32 Å². The fourth-order valence-electron chi connectivity index (χ4n) is 1.36. The van der Waals surface area contributed by atoms with E-state index in [1.54, 1.807) is 13.8 Å². The number of nitrogens with zero attached hydrogens (tertiary/aromatic N) is 2. The van der Waals surface area contributed by atoms with Crippen LogP contribution in [0, 0.1) is 21.4 Å². The predicted molar refractivity (Wildman–Crippen MR) is 69.9 cm³/mol. The lowest BCUT2D eigenvalue weighted by atomic mass is 10.0. The van der Waals surface area contributed by atoms with E-state index in [1.807, 2.05) is 6.07 Å². The first-order chi connectivity index (χ1) is 8.83. The van der Waals surface area contributed by atoms with Crippen LogP contribution in [0.2, 0.25) is 5.02 Å². The first-order valence-corrected chi connectivity index (χ1v) is 5.88. The molecule has 1 unspecified atom stereocenters. The molecule has 0 aliphatic rings. The highest BCUT2D eigenvalue weighted by molar-refractivity contribution is 6.31. The highest BCUT2D eigenvalue weighted by Crippen LogP contribution is 2.23. The molecule has 0 spiro atoms. The van der Waals surface area contributed by atoms with Gasteiger partial charge < -0.3 is 5.32 Å². The number of nitriles is 1. The number of carbonyl (C=O) groups excluding carboxylic acids is 1. The van der Waals surface area contributed by atoms with Gasteiger partial charge in [-0.05, 0) is 25.5 Å². The molecule has 6 nitrogen and oxygen atoms in total. The van der Waals surface area contributed by atoms with Crippen LogP contribution in [0.15, 0.2) is 18.2 Å². The molecule has 19 heavy (non-hydrogen) atoms. The van der Waals surface area contributed by atoms with Crippen molar-refractivity contribution in [3.05, 3.63) is 38.9 Å². The minimum Gasteiger partial charge on any atom is -0.334 e. The van der Waals surface area contributed by atoms with Crippen LogP contribution in [-0.4, -0.2) is 16.4 Å². The molecule has 7 heteroatoms. The van der Waals surface area contributed by atoms with E-state index in [0.29, 0.717) is 6.42 Å². The maximum absolute atomic E-state index is 12.0. The normalized spacial score (nSPS) is 13.2. The van der Waals surface area contributed by atoms with Crippen molar-refractivity contribution in [1.82, 2.24) is 5.32 Å². The van der Waals surface area contributed by atoms with Crippen molar-refractivity contribution in [2.45, 2.75) is 25.8 Å². The van der Waals surface area contributed by atoms with Crippen molar-refractivity contribution >= 4 is 23.2 Å². The monoisotopic (exact) mass is 281 g/mol. The Balaban J connectivity index is 3.17. The summed E-state index contributed by atoms with van der Waals surface area (Å²) in [5.41, 5.74) is -1.58. The number of nitrogens with one attached hydrogen (secondary N) is 1. The number of halogens is 1. The molecule has 0 saturated heterocycles. The zero-order valence-electron chi connectivity index (χ0n) is 10.4. The Kier molecular flexibility index (Phi) is 4.46. The standard InChI is InChI=1S/C12H12ClN3O3/c1-3-12(2,7-14)15-11(17)9-6-8(13)4-5-10(9)16(18)19/h4-6H,3H2,1-2H3,(H,15,17). The number of benzene rings is 1. The van der Waals surface area contributed by atoms with Gasteiger partial charge in [0.05, 0.1) is 11.0 Å². The Labute approximate surface area is 115 Å². The van der Waals surface area contributed by atoms with Crippen molar-refractivity contribution in [3.63, 3.8) is 0 Å². The Morgan fingerprint density at radius 1 is 1.63 bits per heavy atom. The summed E-state index contributed by atoms with van der Waals surface area (Å²) in [5.74, 6) is -0.694. The zero-order valence-corrected chi connectivity index (χ0v) is 11.2. The third-order valence-corrected chi connectivity index (χ3v) is 2.98. The fourth-order valence-corrected chi connectivity index (χ4v) is 1.53. The molecule has 1 atom stereocenters. The molecule has 0 heterocycles. The summed E-state index contributed by atoms with van der Waals surface area (Å²) < 4.78 is 0. The van der Waals surface area contributed by atoms with E-state index in [2.05, 4.69) is 5.32 Å². The Bertz CT molecular complexity index is 568. The van der Waals surface area contributed by atoms with E-state index in [-0.39, 0.29) is 16.3 Å². The molecule has 0 saturated carbocycles. The van der Waals surface area contributed by atoms with Gasteiger partial charge in [0.2, 0.25) is 0 Å². The third-order valence-electron chi connectivity index (χ3n) is 2.74. The van der Waals surface area contributed by atoms with Gasteiger partial charge in [-0.1, -0.05) is 18.5 Å². The molecule has 0 bridgehead atoms. The topological polar surface area (TPSA) is 96.0 Å². The van der Waals surface area contributed by atoms with Gasteiger partial charge >= 0.3 is 0 Å². The van der Waals surface area contributed by atoms with E-state index in [4.69, 9.17) is 16.9 Å². The molecule has 0 aliphatic carbocycles. The Morgan fingerprint density at radius 2 is 2.26 bits per heavy atom. The summed E-state index contributed by atoms with van der Waals surface area (Å²) in [4.78, 5) is 22.2. The maximum Gasteiger partial charge on any atom is 0.282 e. The molecule has 1 aromatic rings. The SMILES string of the molecule is CCC(C)(C#N)NC(=O)c1cc(Cl)ccc1[N+](=O)[O-]. The number of hydrogen-bond acceptors (Lipinski definition) is 4. The second-order valence-electron chi connectivity index (χ2n) is 4.17. The second-order valence-corrected chi connectivity index (χ2v) is 4.61. The molecule has 1 aromatic carbocycles. The van der Waals surface area contributed by atoms with Crippen LogP contribution >= 0.6 is 11.6 Å². The molecule has 0 radical (unpaired) electrons. The quantitative estimate of drug-likeness (QED) is 0.678. The van der Waals surface area contributed by atoms with Gasteiger partial charge in [-0.15, -0.1) is 0 Å². The molecule has 1 amide bonds. The maximum atomic E-state index is 12.0. The summed E-state index contributed by atoms with van der Waals surface area (Å²) in [6, 6.07) is 5.66. The number of carbonyl (C=O) groups is 1. The molecule has 1 rings (SSSR count). The van der Waals surface area contributed by atoms with Crippen LogP contribution in [0.4, 0.5) is 5.69 Å². The summed E-state index contributed by atoms with van der Waals surface area (Å²) >= 11 is 5.74. The van der Waals surface area contributed by atoms with E-state index < -0.39 is 16.4 Å². The van der Waals surface area contributed by atoms with Crippen molar-refractivity contribution in [3.8, 4) is 6.07 Å². The average Bonchev–Trinajstić information content (AvgIpc) is 2.38. The van der Waals surface area contributed by atoms with Crippen LogP contribution in [0.1, 0.15) is 30.6 Å². The van der Waals surface area contributed by atoms with Gasteiger partial charge in [-0.3, -0.25) is 14.9 Å². The van der Waals surface area contributed by atoms with E-state index >= 15 is 0 Å². The Hall–Kier alpha value is -2.13. The van der Waals surface area contributed by atoms with Crippen molar-refractivity contribution in [2.75, 3.05) is 0 Å². The number of amides is 1. The first-order valence-electron chi connectivity index (χ1n) is 5.50. The highest BCUT2D eigenvalue weighted by Gasteiger charge is 2.28. The van der Waals surface area contributed by atoms with Crippen molar-refractivity contribution in [1.29, 1.82) is 5.26 Å². The Morgan fingerprint density at radius 3 is 2.74 bits per heavy atom. The molecule has 0 aromatic heterocycles. The third kappa shape index (κ3) is 3.42. The number of rotatable bonds is 4. The van der Waals surface area contributed by atoms with E-state index in [1.165, 1.54) is 12.1 Å². The number of nitro benzene ring substituents is 1. The minimum atomic E-state index is -1.08. The average molecular weight is 282 g/mol. The lowest BCUT2D eigenvalue weighted by Crippen LogP contribution is -2.44. The van der Waals surface area contributed by atoms with Crippen LogP contribution in [0.5, 0.6) is 0 Å². The lowest BCUT2D eigenvalue weighted by Gasteiger charge is -2.21. The highest BCUT2D eigenvalue weighted by atomic mass is 35.5. The van der Waals surface area contributed by atoms with E-state index in [0.717, 1.165) is 6.07 Å². The zero-order chi connectivity index (χ0) is 14.6. The van der Waals surface area contributed by atoms with Crippen LogP contribution in [-0.2, 0) is 0 Å². The van der Waals surface area contributed by atoms with Gasteiger partial charge in [0.15, 0.2) is 0 Å². The smallest absolute Gasteiger partial charge is 0.282 e. The second kappa shape index (κ2) is 5.67. The van der Waals surface area contributed by atoms with Gasteiger partial charge in [-0.25, -0.2) is 0 Å².